The first-order valence-electron chi connectivity index (χ1n) is 6.64. The van der Waals surface area contributed by atoms with Gasteiger partial charge >= 0.3 is 5.97 Å². The number of unbranched alkanes of at least 4 members (excludes halogenated alkanes) is 1. The summed E-state index contributed by atoms with van der Waals surface area (Å²) in [5, 5.41) is 12.0. The van der Waals surface area contributed by atoms with Crippen LogP contribution in [0.5, 0.6) is 0 Å². The van der Waals surface area contributed by atoms with Gasteiger partial charge in [0.15, 0.2) is 0 Å². The number of hydrogen-bond acceptors (Lipinski definition) is 2. The van der Waals surface area contributed by atoms with Gasteiger partial charge in [0, 0.05) is 13.0 Å². The standard InChI is InChI=1S/C13H23NO3/c1-2-3-8-12(15)14-9-10-6-4-5-7-11(10)13(16)17/h10-11H,2-9H2,1H3,(H,14,15)(H,16,17)/t10-,11-/m0/s1. The molecule has 98 valence electrons. The van der Waals surface area contributed by atoms with Crippen molar-refractivity contribution in [3.05, 3.63) is 0 Å². The highest BCUT2D eigenvalue weighted by molar-refractivity contribution is 5.76. The number of carboxylic acids is 1. The van der Waals surface area contributed by atoms with Crippen LogP contribution in [0.15, 0.2) is 0 Å². The van der Waals surface area contributed by atoms with E-state index in [9.17, 15) is 9.59 Å². The third-order valence-corrected chi connectivity index (χ3v) is 3.55. The molecule has 17 heavy (non-hydrogen) atoms. The van der Waals surface area contributed by atoms with Crippen LogP contribution in [-0.4, -0.2) is 23.5 Å². The van der Waals surface area contributed by atoms with Crippen molar-refractivity contribution in [2.24, 2.45) is 11.8 Å². The van der Waals surface area contributed by atoms with Gasteiger partial charge in [-0.1, -0.05) is 26.2 Å². The zero-order valence-corrected chi connectivity index (χ0v) is 10.6. The van der Waals surface area contributed by atoms with E-state index in [0.29, 0.717) is 13.0 Å². The lowest BCUT2D eigenvalue weighted by Gasteiger charge is -2.28. The van der Waals surface area contributed by atoms with Gasteiger partial charge in [0.25, 0.3) is 0 Å². The summed E-state index contributed by atoms with van der Waals surface area (Å²) >= 11 is 0. The fraction of sp³-hybridized carbons (Fsp3) is 0.846. The molecule has 0 aliphatic heterocycles. The Morgan fingerprint density at radius 3 is 2.65 bits per heavy atom. The maximum atomic E-state index is 11.5. The number of carbonyl (C=O) groups is 2. The summed E-state index contributed by atoms with van der Waals surface area (Å²) in [7, 11) is 0. The number of aliphatic carboxylic acids is 1. The first kappa shape index (κ1) is 14.0. The van der Waals surface area contributed by atoms with Crippen molar-refractivity contribution in [1.82, 2.24) is 5.32 Å². The number of carboxylic acid groups (broad SMARTS) is 1. The van der Waals surface area contributed by atoms with Crippen molar-refractivity contribution in [3.8, 4) is 0 Å². The minimum Gasteiger partial charge on any atom is -0.481 e. The normalized spacial score (nSPS) is 24.3. The summed E-state index contributed by atoms with van der Waals surface area (Å²) in [5.41, 5.74) is 0. The Morgan fingerprint density at radius 2 is 2.00 bits per heavy atom. The largest absolute Gasteiger partial charge is 0.481 e. The van der Waals surface area contributed by atoms with Crippen molar-refractivity contribution in [2.45, 2.75) is 51.9 Å². The van der Waals surface area contributed by atoms with E-state index in [-0.39, 0.29) is 17.7 Å². The van der Waals surface area contributed by atoms with Gasteiger partial charge in [-0.3, -0.25) is 9.59 Å². The highest BCUT2D eigenvalue weighted by Gasteiger charge is 2.30. The second-order valence-electron chi connectivity index (χ2n) is 4.90. The van der Waals surface area contributed by atoms with Gasteiger partial charge in [-0.05, 0) is 25.2 Å². The quantitative estimate of drug-likeness (QED) is 0.749. The van der Waals surface area contributed by atoms with E-state index in [1.54, 1.807) is 0 Å². The maximum Gasteiger partial charge on any atom is 0.306 e. The van der Waals surface area contributed by atoms with Crippen molar-refractivity contribution in [1.29, 1.82) is 0 Å². The molecule has 1 amide bonds. The zero-order valence-electron chi connectivity index (χ0n) is 10.6. The van der Waals surface area contributed by atoms with Crippen LogP contribution in [0.1, 0.15) is 51.9 Å². The van der Waals surface area contributed by atoms with Crippen molar-refractivity contribution in [3.63, 3.8) is 0 Å². The molecule has 0 aromatic carbocycles. The predicted octanol–water partition coefficient (Wildman–Crippen LogP) is 2.18. The first-order valence-corrected chi connectivity index (χ1v) is 6.64. The number of nitrogens with one attached hydrogen (secondary N) is 1. The minimum atomic E-state index is -0.711. The fourth-order valence-corrected chi connectivity index (χ4v) is 2.45. The summed E-state index contributed by atoms with van der Waals surface area (Å²) in [6.07, 6.45) is 6.22. The number of rotatable bonds is 6. The van der Waals surface area contributed by atoms with Crippen LogP contribution < -0.4 is 5.32 Å². The lowest BCUT2D eigenvalue weighted by molar-refractivity contribution is -0.145. The van der Waals surface area contributed by atoms with Gasteiger partial charge in [0.2, 0.25) is 5.91 Å². The minimum absolute atomic E-state index is 0.0570. The molecule has 2 N–H and O–H groups in total. The van der Waals surface area contributed by atoms with E-state index in [1.807, 2.05) is 0 Å². The molecular weight excluding hydrogens is 218 g/mol. The molecule has 1 fully saturated rings. The average molecular weight is 241 g/mol. The Balaban J connectivity index is 2.32. The molecule has 0 unspecified atom stereocenters. The first-order chi connectivity index (χ1) is 8.15. The Kier molecular flexibility index (Phi) is 6.01. The van der Waals surface area contributed by atoms with Crippen molar-refractivity contribution in [2.75, 3.05) is 6.54 Å². The SMILES string of the molecule is CCCCC(=O)NC[C@@H]1CCCC[C@@H]1C(=O)O. The Morgan fingerprint density at radius 1 is 1.29 bits per heavy atom. The van der Waals surface area contributed by atoms with Crippen LogP contribution in [0.25, 0.3) is 0 Å². The Bertz CT molecular complexity index is 265. The molecule has 1 rings (SSSR count). The zero-order chi connectivity index (χ0) is 12.7. The third kappa shape index (κ3) is 4.75. The smallest absolute Gasteiger partial charge is 0.306 e. The molecule has 1 aliphatic rings. The van der Waals surface area contributed by atoms with Gasteiger partial charge in [-0.25, -0.2) is 0 Å². The molecule has 0 bridgehead atoms. The molecule has 0 spiro atoms. The van der Waals surface area contributed by atoms with E-state index < -0.39 is 5.97 Å². The predicted molar refractivity (Wildman–Crippen MR) is 65.6 cm³/mol. The van der Waals surface area contributed by atoms with Gasteiger partial charge in [-0.15, -0.1) is 0 Å². The molecule has 4 nitrogen and oxygen atoms in total. The molecule has 0 radical (unpaired) electrons. The summed E-state index contributed by atoms with van der Waals surface area (Å²) in [6, 6.07) is 0. The van der Waals surface area contributed by atoms with Gasteiger partial charge < -0.3 is 10.4 Å². The highest BCUT2D eigenvalue weighted by atomic mass is 16.4. The third-order valence-electron chi connectivity index (χ3n) is 3.55. The van der Waals surface area contributed by atoms with E-state index in [1.165, 1.54) is 0 Å². The van der Waals surface area contributed by atoms with Crippen LogP contribution in [0, 0.1) is 11.8 Å². The second kappa shape index (κ2) is 7.30. The number of amides is 1. The van der Waals surface area contributed by atoms with Crippen molar-refractivity contribution >= 4 is 11.9 Å². The average Bonchev–Trinajstić information content (AvgIpc) is 2.34. The topological polar surface area (TPSA) is 66.4 Å². The molecule has 0 heterocycles. The summed E-state index contributed by atoms with van der Waals surface area (Å²) in [5.74, 6) is -0.805. The maximum absolute atomic E-state index is 11.5. The van der Waals surface area contributed by atoms with Crippen LogP contribution in [0.2, 0.25) is 0 Å². The van der Waals surface area contributed by atoms with E-state index >= 15 is 0 Å². The molecule has 2 atom stereocenters. The molecule has 1 saturated carbocycles. The van der Waals surface area contributed by atoms with Crippen LogP contribution in [0.4, 0.5) is 0 Å². The van der Waals surface area contributed by atoms with E-state index in [2.05, 4.69) is 12.2 Å². The Labute approximate surface area is 103 Å². The van der Waals surface area contributed by atoms with Crippen LogP contribution in [-0.2, 0) is 9.59 Å². The van der Waals surface area contributed by atoms with E-state index in [0.717, 1.165) is 38.5 Å². The summed E-state index contributed by atoms with van der Waals surface area (Å²) in [4.78, 5) is 22.5. The molecule has 4 heteroatoms. The van der Waals surface area contributed by atoms with Gasteiger partial charge in [0.05, 0.1) is 5.92 Å². The second-order valence-corrected chi connectivity index (χ2v) is 4.90. The Hall–Kier alpha value is -1.06. The summed E-state index contributed by atoms with van der Waals surface area (Å²) in [6.45, 7) is 2.58. The molecule has 0 saturated heterocycles. The number of carbonyl (C=O) groups excluding carboxylic acids is 1. The fourth-order valence-electron chi connectivity index (χ4n) is 2.45. The van der Waals surface area contributed by atoms with Crippen LogP contribution >= 0.6 is 0 Å². The number of hydrogen-bond donors (Lipinski definition) is 2. The summed E-state index contributed by atoms with van der Waals surface area (Å²) < 4.78 is 0. The molecule has 1 aliphatic carbocycles. The lowest BCUT2D eigenvalue weighted by atomic mass is 9.79. The molecule has 0 aromatic heterocycles. The van der Waals surface area contributed by atoms with Gasteiger partial charge in [-0.2, -0.15) is 0 Å². The van der Waals surface area contributed by atoms with Crippen LogP contribution in [0.3, 0.4) is 0 Å². The monoisotopic (exact) mass is 241 g/mol. The van der Waals surface area contributed by atoms with E-state index in [4.69, 9.17) is 5.11 Å². The molecular formula is C13H23NO3. The lowest BCUT2D eigenvalue weighted by Crippen LogP contribution is -2.37. The van der Waals surface area contributed by atoms with Gasteiger partial charge in [0.1, 0.15) is 0 Å². The molecule has 0 aromatic rings. The van der Waals surface area contributed by atoms with Crippen molar-refractivity contribution < 1.29 is 14.7 Å². The highest BCUT2D eigenvalue weighted by Crippen LogP contribution is 2.29.